The molecular formula is C13H24N5O4S2+. The van der Waals surface area contributed by atoms with Crippen LogP contribution in [0.5, 0.6) is 0 Å². The third-order valence-electron chi connectivity index (χ3n) is 3.60. The summed E-state index contributed by atoms with van der Waals surface area (Å²) < 4.78 is 36.4. The fourth-order valence-electron chi connectivity index (χ4n) is 2.41. The zero-order valence-electron chi connectivity index (χ0n) is 13.7. The molecule has 1 aliphatic heterocycles. The summed E-state index contributed by atoms with van der Waals surface area (Å²) in [6.45, 7) is 3.72. The van der Waals surface area contributed by atoms with E-state index in [0.717, 1.165) is 55.0 Å². The van der Waals surface area contributed by atoms with E-state index in [2.05, 4.69) is 21.2 Å². The Bertz CT molecular complexity index is 650. The molecule has 0 radical (unpaired) electrons. The van der Waals surface area contributed by atoms with Gasteiger partial charge in [0.15, 0.2) is 0 Å². The number of nitrogens with zero attached hydrogens (tertiary/aromatic N) is 4. The predicted octanol–water partition coefficient (Wildman–Crippen LogP) is 0.254. The van der Waals surface area contributed by atoms with Crippen LogP contribution in [0.4, 0.5) is 11.9 Å². The Labute approximate surface area is 146 Å². The third kappa shape index (κ3) is 5.64. The maximum Gasteiger partial charge on any atom is 0.474 e. The lowest BCUT2D eigenvalue weighted by Crippen LogP contribution is -2.53. The summed E-state index contributed by atoms with van der Waals surface area (Å²) in [5, 5.41) is 0. The van der Waals surface area contributed by atoms with Crippen molar-refractivity contribution in [2.75, 3.05) is 35.2 Å². The van der Waals surface area contributed by atoms with Crippen molar-refractivity contribution in [3.63, 3.8) is 0 Å². The van der Waals surface area contributed by atoms with Gasteiger partial charge >= 0.3 is 22.3 Å². The van der Waals surface area contributed by atoms with E-state index in [1.54, 1.807) is 0 Å². The second-order valence-electron chi connectivity index (χ2n) is 5.50. The molecule has 0 unspecified atom stereocenters. The molecule has 0 saturated carbocycles. The smallest absolute Gasteiger partial charge is 0.318 e. The molecule has 0 aliphatic carbocycles. The van der Waals surface area contributed by atoms with Gasteiger partial charge < -0.3 is 10.6 Å². The molecule has 0 bridgehead atoms. The lowest BCUT2D eigenvalue weighted by Gasteiger charge is -2.24. The number of hydrogen-bond donors (Lipinski definition) is 2. The minimum Gasteiger partial charge on any atom is -0.318 e. The number of rotatable bonds is 8. The highest BCUT2D eigenvalue weighted by Gasteiger charge is 2.27. The molecule has 1 aromatic heterocycles. The molecule has 2 heterocycles. The molecule has 0 amide bonds. The fourth-order valence-corrected chi connectivity index (χ4v) is 3.67. The maximum atomic E-state index is 11.1. The third-order valence-corrected chi connectivity index (χ3v) is 4.88. The Hall–Kier alpha value is -1.33. The van der Waals surface area contributed by atoms with Gasteiger partial charge in [-0.1, -0.05) is 36.2 Å². The number of thioether (sulfide) groups is 1. The van der Waals surface area contributed by atoms with Gasteiger partial charge in [0, 0.05) is 31.0 Å². The van der Waals surface area contributed by atoms with Gasteiger partial charge in [-0.2, -0.15) is 20.2 Å². The number of anilines is 2. The second kappa shape index (κ2) is 8.67. The Morgan fingerprint density at radius 2 is 2.00 bits per heavy atom. The van der Waals surface area contributed by atoms with Crippen molar-refractivity contribution in [1.29, 1.82) is 0 Å². The van der Waals surface area contributed by atoms with Gasteiger partial charge in [0.05, 0.1) is 0 Å². The van der Waals surface area contributed by atoms with E-state index >= 15 is 0 Å². The van der Waals surface area contributed by atoms with E-state index in [1.807, 2.05) is 16.7 Å². The Morgan fingerprint density at radius 3 is 2.62 bits per heavy atom. The number of nitrogen functional groups attached to an aromatic ring is 1. The van der Waals surface area contributed by atoms with Gasteiger partial charge in [-0.25, -0.2) is 4.28 Å². The van der Waals surface area contributed by atoms with Crippen molar-refractivity contribution in [3.8, 4) is 0 Å². The topological polar surface area (TPSA) is 123 Å². The van der Waals surface area contributed by atoms with Crippen LogP contribution in [0.2, 0.25) is 0 Å². The summed E-state index contributed by atoms with van der Waals surface area (Å²) in [6, 6.07) is 0. The maximum absolute atomic E-state index is 11.1. The number of nitrogens with two attached hydrogens (primary N) is 1. The number of aromatic nitrogens is 3. The lowest BCUT2D eigenvalue weighted by atomic mass is 10.1. The first-order valence-corrected chi connectivity index (χ1v) is 10.5. The van der Waals surface area contributed by atoms with Gasteiger partial charge in [0.1, 0.15) is 0 Å². The Balaban J connectivity index is 2.27. The van der Waals surface area contributed by atoms with E-state index in [-0.39, 0.29) is 5.95 Å². The highest BCUT2D eigenvalue weighted by molar-refractivity contribution is 7.99. The van der Waals surface area contributed by atoms with Crippen LogP contribution < -0.4 is 19.6 Å². The monoisotopic (exact) mass is 378 g/mol. The molecule has 1 saturated heterocycles. The van der Waals surface area contributed by atoms with Gasteiger partial charge in [0.25, 0.3) is 5.82 Å². The minimum atomic E-state index is -4.71. The largest absolute Gasteiger partial charge is 0.474 e. The summed E-state index contributed by atoms with van der Waals surface area (Å²) in [6.07, 6.45) is 4.45. The highest BCUT2D eigenvalue weighted by Crippen LogP contribution is 2.16. The highest BCUT2D eigenvalue weighted by atomic mass is 32.3. The van der Waals surface area contributed by atoms with E-state index in [1.165, 1.54) is 0 Å². The average molecular weight is 379 g/mol. The van der Waals surface area contributed by atoms with Crippen LogP contribution in [0, 0.1) is 0 Å². The molecule has 1 aliphatic rings. The summed E-state index contributed by atoms with van der Waals surface area (Å²) in [7, 11) is -4.71. The molecule has 0 aromatic carbocycles. The second-order valence-corrected chi connectivity index (χ2v) is 7.73. The molecule has 0 atom stereocenters. The first kappa shape index (κ1) is 19.0. The van der Waals surface area contributed by atoms with Crippen LogP contribution in [0.3, 0.4) is 0 Å². The zero-order valence-corrected chi connectivity index (χ0v) is 15.4. The van der Waals surface area contributed by atoms with Crippen molar-refractivity contribution < 1.29 is 22.0 Å². The van der Waals surface area contributed by atoms with Crippen molar-refractivity contribution in [1.82, 2.24) is 9.97 Å². The molecule has 9 nitrogen and oxygen atoms in total. The van der Waals surface area contributed by atoms with Crippen molar-refractivity contribution in [3.05, 3.63) is 5.82 Å². The molecule has 1 fully saturated rings. The molecule has 24 heavy (non-hydrogen) atoms. The van der Waals surface area contributed by atoms with E-state index in [9.17, 15) is 8.42 Å². The Morgan fingerprint density at radius 1 is 1.29 bits per heavy atom. The fraction of sp³-hybridized carbons (Fsp3) is 0.769. The first-order chi connectivity index (χ1) is 11.4. The standard InChI is InChI=1S/C13H23N5O4S2/c1-2-3-4-5-6-11-15-13(17-7-9-23-10-8-17)16-12(14)18(11)22-24(19,20)21/h14H,2-10H2,1H3,(H,19,20,21)/p+1. The van der Waals surface area contributed by atoms with E-state index < -0.39 is 10.4 Å². The van der Waals surface area contributed by atoms with Crippen LogP contribution in [-0.4, -0.2) is 47.5 Å². The van der Waals surface area contributed by atoms with Gasteiger partial charge in [-0.15, -0.1) is 0 Å². The van der Waals surface area contributed by atoms with Crippen LogP contribution >= 0.6 is 11.8 Å². The van der Waals surface area contributed by atoms with Crippen LogP contribution in [0.15, 0.2) is 0 Å². The van der Waals surface area contributed by atoms with Crippen LogP contribution in [0.1, 0.15) is 38.4 Å². The molecule has 1 aromatic rings. The van der Waals surface area contributed by atoms with Crippen LogP contribution in [-0.2, 0) is 16.8 Å². The van der Waals surface area contributed by atoms with Crippen LogP contribution in [0.25, 0.3) is 0 Å². The summed E-state index contributed by atoms with van der Waals surface area (Å²) >= 11 is 1.86. The van der Waals surface area contributed by atoms with Gasteiger partial charge in [-0.05, 0) is 11.2 Å². The van der Waals surface area contributed by atoms with Gasteiger partial charge in [-0.3, -0.25) is 4.55 Å². The van der Waals surface area contributed by atoms with Crippen molar-refractivity contribution >= 4 is 34.1 Å². The SMILES string of the molecule is CCCCCCc1nc(N2CCSCC2)nc(N)[n+]1OS(=O)(=O)O. The number of hydrogen-bond acceptors (Lipinski definition) is 8. The Kier molecular flexibility index (Phi) is 6.87. The number of aryl methyl sites for hydroxylation is 1. The molecular weight excluding hydrogens is 354 g/mol. The van der Waals surface area contributed by atoms with E-state index in [0.29, 0.717) is 18.2 Å². The zero-order chi connectivity index (χ0) is 17.6. The minimum absolute atomic E-state index is 0.152. The van der Waals surface area contributed by atoms with Gasteiger partial charge in [0.2, 0.25) is 0 Å². The molecule has 11 heteroatoms. The molecule has 136 valence electrons. The summed E-state index contributed by atoms with van der Waals surface area (Å²) in [5.41, 5.74) is 5.85. The molecule has 2 rings (SSSR count). The normalized spacial score (nSPS) is 15.5. The van der Waals surface area contributed by atoms with Crippen molar-refractivity contribution in [2.24, 2.45) is 0 Å². The van der Waals surface area contributed by atoms with E-state index in [4.69, 9.17) is 10.3 Å². The number of unbranched alkanes of at least 4 members (excludes halogenated alkanes) is 3. The van der Waals surface area contributed by atoms with Crippen molar-refractivity contribution in [2.45, 2.75) is 39.0 Å². The molecule has 0 spiro atoms. The summed E-state index contributed by atoms with van der Waals surface area (Å²) in [4.78, 5) is 10.6. The average Bonchev–Trinajstić information content (AvgIpc) is 2.54. The summed E-state index contributed by atoms with van der Waals surface area (Å²) in [5.74, 6) is 2.61. The molecule has 3 N–H and O–H groups in total. The quantitative estimate of drug-likeness (QED) is 0.372. The first-order valence-electron chi connectivity index (χ1n) is 7.99. The lowest BCUT2D eigenvalue weighted by molar-refractivity contribution is -0.854. The predicted molar refractivity (Wildman–Crippen MR) is 92.2 cm³/mol.